The Kier molecular flexibility index (Phi) is 5.33. The van der Waals surface area contributed by atoms with Gasteiger partial charge in [-0.15, -0.1) is 5.10 Å². The molecule has 0 spiro atoms. The van der Waals surface area contributed by atoms with Gasteiger partial charge in [-0.3, -0.25) is 4.79 Å². The molecule has 1 saturated heterocycles. The highest BCUT2D eigenvalue weighted by Crippen LogP contribution is 2.24. The highest BCUT2D eigenvalue weighted by Gasteiger charge is 2.26. The molecule has 0 N–H and O–H groups in total. The van der Waals surface area contributed by atoms with Crippen LogP contribution >= 0.6 is 0 Å². The Hall–Kier alpha value is -3.54. The smallest absolute Gasteiger partial charge is 0.280 e. The number of benzene rings is 1. The van der Waals surface area contributed by atoms with Gasteiger partial charge in [-0.25, -0.2) is 4.68 Å². The molecule has 0 saturated carbocycles. The van der Waals surface area contributed by atoms with E-state index in [1.807, 2.05) is 15.8 Å². The highest BCUT2D eigenvalue weighted by atomic mass is 16.5. The fraction of sp³-hybridized carbons (Fsp3) is 0.400. The number of aromatic nitrogens is 5. The molecule has 1 amide bonds. The van der Waals surface area contributed by atoms with Gasteiger partial charge in [0.25, 0.3) is 11.8 Å². The van der Waals surface area contributed by atoms with Crippen LogP contribution in [0.4, 0.5) is 0 Å². The van der Waals surface area contributed by atoms with Crippen LogP contribution in [0.15, 0.2) is 35.0 Å². The van der Waals surface area contributed by atoms with Crippen molar-refractivity contribution in [3.05, 3.63) is 47.4 Å². The van der Waals surface area contributed by atoms with E-state index < -0.39 is 0 Å². The molecule has 1 fully saturated rings. The monoisotopic (exact) mass is 391 g/mol. The third-order valence-corrected chi connectivity index (χ3v) is 5.06. The first-order chi connectivity index (χ1) is 14.2. The van der Waals surface area contributed by atoms with E-state index >= 15 is 0 Å². The molecule has 1 aliphatic heterocycles. The summed E-state index contributed by atoms with van der Waals surface area (Å²) in [6.07, 6.45) is 5.12. The maximum Gasteiger partial charge on any atom is 0.280 e. The van der Waals surface area contributed by atoms with E-state index in [1.165, 1.54) is 0 Å². The first kappa shape index (κ1) is 18.8. The summed E-state index contributed by atoms with van der Waals surface area (Å²) in [7, 11) is 0. The molecule has 2 aromatic heterocycles. The lowest BCUT2D eigenvalue weighted by Gasteiger charge is -2.31. The normalized spacial score (nSPS) is 14.7. The molecular formula is C20H21N7O2. The van der Waals surface area contributed by atoms with Gasteiger partial charge < -0.3 is 9.42 Å². The Morgan fingerprint density at radius 1 is 1.28 bits per heavy atom. The number of rotatable bonds is 5. The molecule has 1 aliphatic rings. The van der Waals surface area contributed by atoms with Crippen LogP contribution in [0, 0.1) is 11.3 Å². The van der Waals surface area contributed by atoms with Crippen LogP contribution in [-0.4, -0.2) is 49.0 Å². The van der Waals surface area contributed by atoms with Crippen molar-refractivity contribution in [3.63, 3.8) is 0 Å². The minimum atomic E-state index is -0.0125. The molecule has 0 unspecified atom stereocenters. The van der Waals surface area contributed by atoms with Gasteiger partial charge in [-0.1, -0.05) is 17.3 Å². The fourth-order valence-corrected chi connectivity index (χ4v) is 3.44. The van der Waals surface area contributed by atoms with Gasteiger partial charge in [0.2, 0.25) is 0 Å². The molecule has 0 aliphatic carbocycles. The van der Waals surface area contributed by atoms with E-state index in [2.05, 4.69) is 33.4 Å². The second-order valence-electron chi connectivity index (χ2n) is 7.06. The predicted octanol–water partition coefficient (Wildman–Crippen LogP) is 2.63. The van der Waals surface area contributed by atoms with Gasteiger partial charge in [0.15, 0.2) is 11.5 Å². The Labute approximate surface area is 167 Å². The maximum absolute atomic E-state index is 12.7. The second kappa shape index (κ2) is 8.22. The lowest BCUT2D eigenvalue weighted by molar-refractivity contribution is 0.0689. The number of likely N-dealkylation sites (tertiary alicyclic amines) is 1. The number of carbonyl (C=O) groups excluding carboxylic acids is 1. The lowest BCUT2D eigenvalue weighted by Crippen LogP contribution is -2.39. The van der Waals surface area contributed by atoms with Crippen LogP contribution in [0.2, 0.25) is 0 Å². The molecule has 9 heteroatoms. The molecule has 3 heterocycles. The first-order valence-electron chi connectivity index (χ1n) is 9.72. The summed E-state index contributed by atoms with van der Waals surface area (Å²) >= 11 is 0. The fourth-order valence-electron chi connectivity index (χ4n) is 3.44. The van der Waals surface area contributed by atoms with E-state index in [9.17, 15) is 4.79 Å². The average molecular weight is 391 g/mol. The molecular weight excluding hydrogens is 370 g/mol. The van der Waals surface area contributed by atoms with Crippen molar-refractivity contribution < 1.29 is 9.32 Å². The van der Waals surface area contributed by atoms with Gasteiger partial charge in [0.1, 0.15) is 0 Å². The number of hydrogen-bond acceptors (Lipinski definition) is 7. The van der Waals surface area contributed by atoms with E-state index in [1.54, 1.807) is 24.3 Å². The summed E-state index contributed by atoms with van der Waals surface area (Å²) in [5, 5.41) is 21.2. The molecule has 9 nitrogen and oxygen atoms in total. The van der Waals surface area contributed by atoms with Crippen LogP contribution in [0.25, 0.3) is 11.6 Å². The van der Waals surface area contributed by atoms with Crippen molar-refractivity contribution in [1.29, 1.82) is 5.26 Å². The Morgan fingerprint density at radius 2 is 2.03 bits per heavy atom. The summed E-state index contributed by atoms with van der Waals surface area (Å²) < 4.78 is 7.09. The van der Waals surface area contributed by atoms with Crippen LogP contribution in [0.5, 0.6) is 0 Å². The number of hydrogen-bond donors (Lipinski definition) is 0. The number of nitriles is 1. The Morgan fingerprint density at radius 3 is 2.72 bits per heavy atom. The second-order valence-corrected chi connectivity index (χ2v) is 7.06. The van der Waals surface area contributed by atoms with Gasteiger partial charge in [0, 0.05) is 25.1 Å². The number of nitrogens with zero attached hydrogens (tertiary/aromatic N) is 7. The van der Waals surface area contributed by atoms with E-state index in [4.69, 9.17) is 9.78 Å². The minimum Gasteiger partial charge on any atom is -0.338 e. The van der Waals surface area contributed by atoms with E-state index in [0.717, 1.165) is 25.7 Å². The van der Waals surface area contributed by atoms with Gasteiger partial charge >= 0.3 is 0 Å². The summed E-state index contributed by atoms with van der Waals surface area (Å²) in [6.45, 7) is 3.34. The van der Waals surface area contributed by atoms with E-state index in [-0.39, 0.29) is 11.9 Å². The Bertz CT molecular complexity index is 1020. The first-order valence-corrected chi connectivity index (χ1v) is 9.72. The van der Waals surface area contributed by atoms with Crippen molar-refractivity contribution in [2.24, 2.45) is 0 Å². The largest absolute Gasteiger partial charge is 0.338 e. The van der Waals surface area contributed by atoms with Crippen LogP contribution in [0.3, 0.4) is 0 Å². The molecule has 0 radical (unpaired) electrons. The Balaban J connectivity index is 1.37. The summed E-state index contributed by atoms with van der Waals surface area (Å²) in [4.78, 5) is 18.8. The molecule has 0 bridgehead atoms. The quantitative estimate of drug-likeness (QED) is 0.657. The van der Waals surface area contributed by atoms with Crippen LogP contribution < -0.4 is 0 Å². The minimum absolute atomic E-state index is 0.0125. The van der Waals surface area contributed by atoms with Gasteiger partial charge in [-0.05, 0) is 43.5 Å². The number of carbonyl (C=O) groups is 1. The molecule has 3 aromatic rings. The third-order valence-electron chi connectivity index (χ3n) is 5.06. The van der Waals surface area contributed by atoms with Gasteiger partial charge in [-0.2, -0.15) is 10.2 Å². The SMILES string of the molecule is CCCc1noc(-c2cn(C3CCN(C(=O)c4ccc(C#N)cc4)CC3)nn2)n1. The number of piperidine rings is 1. The summed E-state index contributed by atoms with van der Waals surface area (Å²) in [5.74, 6) is 1.04. The van der Waals surface area contributed by atoms with Crippen molar-refractivity contribution in [2.75, 3.05) is 13.1 Å². The zero-order valence-corrected chi connectivity index (χ0v) is 16.2. The molecule has 0 atom stereocenters. The number of amides is 1. The van der Waals surface area contributed by atoms with Crippen LogP contribution in [0.1, 0.15) is 54.0 Å². The maximum atomic E-state index is 12.7. The van der Waals surface area contributed by atoms with Crippen molar-refractivity contribution >= 4 is 5.91 Å². The number of aryl methyl sites for hydroxylation is 1. The van der Waals surface area contributed by atoms with Gasteiger partial charge in [0.05, 0.1) is 23.9 Å². The summed E-state index contributed by atoms with van der Waals surface area (Å²) in [5.41, 5.74) is 1.71. The van der Waals surface area contributed by atoms with Crippen LogP contribution in [-0.2, 0) is 6.42 Å². The third kappa shape index (κ3) is 4.01. The predicted molar refractivity (Wildman–Crippen MR) is 103 cm³/mol. The van der Waals surface area contributed by atoms with E-state index in [0.29, 0.717) is 41.6 Å². The van der Waals surface area contributed by atoms with Crippen molar-refractivity contribution in [3.8, 4) is 17.7 Å². The highest BCUT2D eigenvalue weighted by molar-refractivity contribution is 5.94. The molecule has 29 heavy (non-hydrogen) atoms. The molecule has 4 rings (SSSR count). The average Bonchev–Trinajstić information content (AvgIpc) is 3.43. The standard InChI is InChI=1S/C20H21N7O2/c1-2-3-18-22-19(29-24-18)17-13-27(25-23-17)16-8-10-26(11-9-16)20(28)15-6-4-14(12-21)5-7-15/h4-7,13,16H,2-3,8-11H2,1H3. The van der Waals surface area contributed by atoms with Crippen molar-refractivity contribution in [2.45, 2.75) is 38.6 Å². The molecule has 1 aromatic carbocycles. The lowest BCUT2D eigenvalue weighted by atomic mass is 10.0. The van der Waals surface area contributed by atoms with Crippen molar-refractivity contribution in [1.82, 2.24) is 30.0 Å². The molecule has 148 valence electrons. The topological polar surface area (TPSA) is 114 Å². The zero-order valence-electron chi connectivity index (χ0n) is 16.2. The zero-order chi connectivity index (χ0) is 20.2. The summed E-state index contributed by atoms with van der Waals surface area (Å²) in [6, 6.07) is 8.97.